The molecule has 0 amide bonds. The third kappa shape index (κ3) is 1.94. The first kappa shape index (κ1) is 7.98. The molecule has 10 heavy (non-hydrogen) atoms. The first-order valence-corrected chi connectivity index (χ1v) is 4.05. The van der Waals surface area contributed by atoms with Gasteiger partial charge in [0.2, 0.25) is 0 Å². The van der Waals surface area contributed by atoms with Crippen LogP contribution in [0.2, 0.25) is 0 Å². The smallest absolute Gasteiger partial charge is 0.0225 e. The van der Waals surface area contributed by atoms with Crippen LogP contribution >= 0.6 is 0 Å². The summed E-state index contributed by atoms with van der Waals surface area (Å²) in [6, 6.07) is 0.701. The van der Waals surface area contributed by atoms with Crippen molar-refractivity contribution in [3.05, 3.63) is 0 Å². The molecule has 1 rings (SSSR count). The molecule has 1 saturated heterocycles. The lowest BCUT2D eigenvalue weighted by molar-refractivity contribution is 0.184. The number of hydrogen-bond donors (Lipinski definition) is 2. The van der Waals surface area contributed by atoms with Gasteiger partial charge >= 0.3 is 0 Å². The maximum Gasteiger partial charge on any atom is 0.0225 e. The average molecular weight is 143 g/mol. The summed E-state index contributed by atoms with van der Waals surface area (Å²) < 4.78 is 0. The lowest BCUT2D eigenvalue weighted by Crippen LogP contribution is -2.42. The van der Waals surface area contributed by atoms with E-state index in [1.54, 1.807) is 0 Å². The molecule has 3 nitrogen and oxygen atoms in total. The molecule has 0 spiro atoms. The van der Waals surface area contributed by atoms with E-state index in [0.29, 0.717) is 6.04 Å². The zero-order valence-electron chi connectivity index (χ0n) is 6.64. The normalized spacial score (nSPS) is 27.6. The number of nitrogens with two attached hydrogens (primary N) is 1. The molecule has 0 radical (unpaired) electrons. The molecule has 0 saturated carbocycles. The van der Waals surface area contributed by atoms with E-state index in [4.69, 9.17) is 5.73 Å². The highest BCUT2D eigenvalue weighted by Gasteiger charge is 2.18. The Bertz CT molecular complexity index is 94.9. The Morgan fingerprint density at radius 2 is 2.50 bits per heavy atom. The van der Waals surface area contributed by atoms with Crippen LogP contribution < -0.4 is 11.2 Å². The molecule has 0 aromatic rings. The highest BCUT2D eigenvalue weighted by Crippen LogP contribution is 2.12. The third-order valence-electron chi connectivity index (χ3n) is 2.01. The molecule has 60 valence electrons. The van der Waals surface area contributed by atoms with E-state index in [1.165, 1.54) is 19.4 Å². The zero-order valence-corrected chi connectivity index (χ0v) is 6.64. The first-order valence-electron chi connectivity index (χ1n) is 4.05. The molecule has 0 aliphatic carbocycles. The van der Waals surface area contributed by atoms with Crippen LogP contribution in [0.5, 0.6) is 0 Å². The SMILES string of the molecule is CC1CCCN1NCCN. The Morgan fingerprint density at radius 3 is 3.00 bits per heavy atom. The average Bonchev–Trinajstić information content (AvgIpc) is 2.31. The van der Waals surface area contributed by atoms with Gasteiger partial charge in [0.15, 0.2) is 0 Å². The maximum absolute atomic E-state index is 5.36. The van der Waals surface area contributed by atoms with E-state index in [0.717, 1.165) is 13.1 Å². The molecule has 1 aliphatic heterocycles. The Hall–Kier alpha value is -0.120. The Morgan fingerprint density at radius 1 is 1.70 bits per heavy atom. The molecule has 0 bridgehead atoms. The van der Waals surface area contributed by atoms with Gasteiger partial charge in [-0.3, -0.25) is 5.43 Å². The van der Waals surface area contributed by atoms with Gasteiger partial charge in [-0.15, -0.1) is 0 Å². The molecule has 3 N–H and O–H groups in total. The van der Waals surface area contributed by atoms with E-state index in [2.05, 4.69) is 17.4 Å². The van der Waals surface area contributed by atoms with Crippen LogP contribution in [0.4, 0.5) is 0 Å². The second-order valence-electron chi connectivity index (χ2n) is 2.88. The fraction of sp³-hybridized carbons (Fsp3) is 1.00. The minimum absolute atomic E-state index is 0.701. The lowest BCUT2D eigenvalue weighted by Gasteiger charge is -2.21. The molecular weight excluding hydrogens is 126 g/mol. The number of hydrogen-bond acceptors (Lipinski definition) is 3. The number of hydrazine groups is 1. The number of nitrogens with zero attached hydrogens (tertiary/aromatic N) is 1. The minimum atomic E-state index is 0.701. The first-order chi connectivity index (χ1) is 4.84. The van der Waals surface area contributed by atoms with Gasteiger partial charge in [0.25, 0.3) is 0 Å². The summed E-state index contributed by atoms with van der Waals surface area (Å²) in [5.74, 6) is 0. The Labute approximate surface area is 62.5 Å². The van der Waals surface area contributed by atoms with E-state index in [1.807, 2.05) is 0 Å². The van der Waals surface area contributed by atoms with Crippen molar-refractivity contribution in [1.29, 1.82) is 0 Å². The van der Waals surface area contributed by atoms with Crippen molar-refractivity contribution in [3.63, 3.8) is 0 Å². The fourth-order valence-corrected chi connectivity index (χ4v) is 1.38. The summed E-state index contributed by atoms with van der Waals surface area (Å²) in [7, 11) is 0. The van der Waals surface area contributed by atoms with Crippen LogP contribution in [-0.4, -0.2) is 30.7 Å². The molecule has 1 fully saturated rings. The highest BCUT2D eigenvalue weighted by molar-refractivity contribution is 4.71. The topological polar surface area (TPSA) is 41.3 Å². The third-order valence-corrected chi connectivity index (χ3v) is 2.01. The fourth-order valence-electron chi connectivity index (χ4n) is 1.38. The standard InChI is InChI=1S/C7H17N3/c1-7-3-2-6-10(7)9-5-4-8/h7,9H,2-6,8H2,1H3. The molecule has 1 unspecified atom stereocenters. The van der Waals surface area contributed by atoms with Gasteiger partial charge in [-0.1, -0.05) is 0 Å². The van der Waals surface area contributed by atoms with Crippen LogP contribution in [0.1, 0.15) is 19.8 Å². The van der Waals surface area contributed by atoms with Gasteiger partial charge in [-0.05, 0) is 19.8 Å². The summed E-state index contributed by atoms with van der Waals surface area (Å²) in [5.41, 5.74) is 8.65. The van der Waals surface area contributed by atoms with Crippen molar-refractivity contribution in [2.45, 2.75) is 25.8 Å². The van der Waals surface area contributed by atoms with Gasteiger partial charge in [0, 0.05) is 25.7 Å². The largest absolute Gasteiger partial charge is 0.329 e. The monoisotopic (exact) mass is 143 g/mol. The van der Waals surface area contributed by atoms with Crippen LogP contribution in [0.3, 0.4) is 0 Å². The number of nitrogens with one attached hydrogen (secondary N) is 1. The quantitative estimate of drug-likeness (QED) is 0.581. The van der Waals surface area contributed by atoms with Gasteiger partial charge in [0.05, 0.1) is 0 Å². The summed E-state index contributed by atoms with van der Waals surface area (Å²) in [4.78, 5) is 0. The van der Waals surface area contributed by atoms with Crippen LogP contribution in [-0.2, 0) is 0 Å². The van der Waals surface area contributed by atoms with E-state index in [9.17, 15) is 0 Å². The zero-order chi connectivity index (χ0) is 7.40. The van der Waals surface area contributed by atoms with Gasteiger partial charge in [0.1, 0.15) is 0 Å². The molecule has 0 aromatic heterocycles. The molecule has 0 aromatic carbocycles. The predicted octanol–water partition coefficient (Wildman–Crippen LogP) is -0.0660. The molecular formula is C7H17N3. The van der Waals surface area contributed by atoms with E-state index < -0.39 is 0 Å². The summed E-state index contributed by atoms with van der Waals surface area (Å²) >= 11 is 0. The van der Waals surface area contributed by atoms with E-state index >= 15 is 0 Å². The van der Waals surface area contributed by atoms with Crippen molar-refractivity contribution in [2.75, 3.05) is 19.6 Å². The second kappa shape index (κ2) is 3.91. The molecule has 1 aliphatic rings. The van der Waals surface area contributed by atoms with E-state index in [-0.39, 0.29) is 0 Å². The van der Waals surface area contributed by atoms with Crippen LogP contribution in [0.15, 0.2) is 0 Å². The summed E-state index contributed by atoms with van der Waals surface area (Å²) in [6.45, 7) is 5.06. The predicted molar refractivity (Wildman–Crippen MR) is 42.5 cm³/mol. The minimum Gasteiger partial charge on any atom is -0.329 e. The summed E-state index contributed by atoms with van der Waals surface area (Å²) in [6.07, 6.45) is 2.64. The molecule has 1 atom stereocenters. The second-order valence-corrected chi connectivity index (χ2v) is 2.88. The Balaban J connectivity index is 2.14. The Kier molecular flexibility index (Phi) is 3.12. The highest BCUT2D eigenvalue weighted by atomic mass is 15.5. The van der Waals surface area contributed by atoms with Gasteiger partial charge < -0.3 is 5.73 Å². The molecule has 1 heterocycles. The van der Waals surface area contributed by atoms with Crippen molar-refractivity contribution in [2.24, 2.45) is 5.73 Å². The van der Waals surface area contributed by atoms with Crippen molar-refractivity contribution < 1.29 is 0 Å². The van der Waals surface area contributed by atoms with Crippen molar-refractivity contribution in [1.82, 2.24) is 10.4 Å². The van der Waals surface area contributed by atoms with Crippen molar-refractivity contribution in [3.8, 4) is 0 Å². The van der Waals surface area contributed by atoms with Crippen molar-refractivity contribution >= 4 is 0 Å². The van der Waals surface area contributed by atoms with Gasteiger partial charge in [-0.2, -0.15) is 0 Å². The maximum atomic E-state index is 5.36. The molecule has 3 heteroatoms. The number of rotatable bonds is 3. The van der Waals surface area contributed by atoms with Crippen LogP contribution in [0, 0.1) is 0 Å². The summed E-state index contributed by atoms with van der Waals surface area (Å²) in [5, 5.41) is 2.28. The van der Waals surface area contributed by atoms with Crippen LogP contribution in [0.25, 0.3) is 0 Å². The lowest BCUT2D eigenvalue weighted by atomic mass is 10.3. The van der Waals surface area contributed by atoms with Gasteiger partial charge in [-0.25, -0.2) is 5.01 Å².